The summed E-state index contributed by atoms with van der Waals surface area (Å²) in [5.74, 6) is -1.90. The summed E-state index contributed by atoms with van der Waals surface area (Å²) in [7, 11) is 5.51. The fraction of sp³-hybridized carbons (Fsp3) is 0.259. The van der Waals surface area contributed by atoms with Crippen LogP contribution in [0.3, 0.4) is 0 Å². The zero-order valence-electron chi connectivity index (χ0n) is 21.6. The first kappa shape index (κ1) is 29.6. The molecule has 11 heteroatoms. The van der Waals surface area contributed by atoms with Crippen molar-refractivity contribution in [3.63, 3.8) is 0 Å². The van der Waals surface area contributed by atoms with Crippen LogP contribution in [0.4, 0.5) is 0 Å². The molecular weight excluding hydrogens is 494 g/mol. The van der Waals surface area contributed by atoms with Gasteiger partial charge in [-0.15, -0.1) is 0 Å². The molecule has 0 radical (unpaired) electrons. The van der Waals surface area contributed by atoms with Gasteiger partial charge >= 0.3 is 17.9 Å². The fourth-order valence-electron chi connectivity index (χ4n) is 3.34. The molecule has 11 nitrogen and oxygen atoms in total. The average molecular weight is 526 g/mol. The third-order valence-electron chi connectivity index (χ3n) is 5.21. The van der Waals surface area contributed by atoms with E-state index in [2.05, 4.69) is 10.3 Å². The maximum atomic E-state index is 12.5. The molecule has 0 bridgehead atoms. The number of carbonyl (C=O) groups is 4. The normalized spacial score (nSPS) is 10.7. The molecule has 1 heterocycles. The van der Waals surface area contributed by atoms with E-state index >= 15 is 0 Å². The van der Waals surface area contributed by atoms with Crippen molar-refractivity contribution in [1.29, 1.82) is 0 Å². The first-order valence-corrected chi connectivity index (χ1v) is 11.5. The molecule has 0 atom stereocenters. The summed E-state index contributed by atoms with van der Waals surface area (Å²) < 4.78 is 10.8. The monoisotopic (exact) mass is 525 g/mol. The predicted octanol–water partition coefficient (Wildman–Crippen LogP) is 2.64. The first-order chi connectivity index (χ1) is 18.0. The molecule has 0 spiro atoms. The summed E-state index contributed by atoms with van der Waals surface area (Å²) in [4.78, 5) is 49.0. The minimum Gasteiger partial charge on any atom is -0.497 e. The van der Waals surface area contributed by atoms with Crippen molar-refractivity contribution in [1.82, 2.24) is 15.2 Å². The molecule has 0 aliphatic carbocycles. The van der Waals surface area contributed by atoms with Crippen molar-refractivity contribution in [2.45, 2.75) is 13.3 Å². The number of methoxy groups -OCH3 is 1. The van der Waals surface area contributed by atoms with E-state index in [0.29, 0.717) is 30.0 Å². The number of aromatic nitrogens is 1. The summed E-state index contributed by atoms with van der Waals surface area (Å²) in [5, 5.41) is 19.4. The zero-order chi connectivity index (χ0) is 28.2. The Morgan fingerprint density at radius 2 is 1.58 bits per heavy atom. The van der Waals surface area contributed by atoms with E-state index in [9.17, 15) is 19.2 Å². The van der Waals surface area contributed by atoms with Gasteiger partial charge in [0.25, 0.3) is 5.91 Å². The molecule has 1 amide bonds. The largest absolute Gasteiger partial charge is 0.497 e. The van der Waals surface area contributed by atoms with Crippen LogP contribution in [0.2, 0.25) is 0 Å². The molecule has 0 aliphatic heterocycles. The number of ether oxygens (including phenoxy) is 2. The van der Waals surface area contributed by atoms with Gasteiger partial charge in [-0.05, 0) is 69.0 Å². The molecule has 0 unspecified atom stereocenters. The van der Waals surface area contributed by atoms with Gasteiger partial charge in [0.2, 0.25) is 0 Å². The van der Waals surface area contributed by atoms with E-state index in [1.54, 1.807) is 31.4 Å². The first-order valence-electron chi connectivity index (χ1n) is 11.5. The van der Waals surface area contributed by atoms with Crippen molar-refractivity contribution in [2.75, 3.05) is 34.3 Å². The predicted molar refractivity (Wildman–Crippen MR) is 141 cm³/mol. The molecule has 4 N–H and O–H groups in total. The van der Waals surface area contributed by atoms with Gasteiger partial charge in [0.05, 0.1) is 13.5 Å². The highest BCUT2D eigenvalue weighted by Gasteiger charge is 2.15. The van der Waals surface area contributed by atoms with Crippen LogP contribution < -0.4 is 14.8 Å². The highest BCUT2D eigenvalue weighted by molar-refractivity contribution is 5.94. The van der Waals surface area contributed by atoms with Crippen LogP contribution in [0.5, 0.6) is 11.5 Å². The Kier molecular flexibility index (Phi) is 11.0. The molecule has 202 valence electrons. The quantitative estimate of drug-likeness (QED) is 0.177. The van der Waals surface area contributed by atoms with Crippen LogP contribution in [-0.2, 0) is 20.8 Å². The number of nitrogens with zero attached hydrogens (tertiary/aromatic N) is 1. The number of carboxylic acids is 2. The SMILES string of the molecule is COc1ccc2[nH]c(C)c(CC(=O)Oc3ccc(C(=O)NCCN(C)C)cc3)c2c1.O=C(O)C=CC(=O)O. The van der Waals surface area contributed by atoms with Crippen LogP contribution in [0, 0.1) is 6.92 Å². The lowest BCUT2D eigenvalue weighted by molar-refractivity contribution is -0.134. The zero-order valence-corrected chi connectivity index (χ0v) is 21.6. The third kappa shape index (κ3) is 9.43. The van der Waals surface area contributed by atoms with Crippen LogP contribution in [0.1, 0.15) is 21.6 Å². The van der Waals surface area contributed by atoms with Crippen molar-refractivity contribution >= 4 is 34.7 Å². The molecule has 38 heavy (non-hydrogen) atoms. The Morgan fingerprint density at radius 3 is 2.13 bits per heavy atom. The minimum atomic E-state index is -1.26. The Bertz CT molecular complexity index is 1290. The van der Waals surface area contributed by atoms with Gasteiger partial charge < -0.3 is 34.9 Å². The second-order valence-electron chi connectivity index (χ2n) is 8.38. The minimum absolute atomic E-state index is 0.131. The van der Waals surface area contributed by atoms with Gasteiger partial charge in [0.15, 0.2) is 0 Å². The van der Waals surface area contributed by atoms with Gasteiger partial charge in [0.1, 0.15) is 11.5 Å². The number of aliphatic carboxylic acids is 2. The number of hydrogen-bond acceptors (Lipinski definition) is 7. The lowest BCUT2D eigenvalue weighted by Crippen LogP contribution is -2.31. The molecule has 2 aromatic carbocycles. The molecule has 0 saturated heterocycles. The summed E-state index contributed by atoms with van der Waals surface area (Å²) in [6, 6.07) is 12.3. The molecule has 3 aromatic rings. The van der Waals surface area contributed by atoms with Crippen molar-refractivity contribution in [3.8, 4) is 11.5 Å². The number of aromatic amines is 1. The van der Waals surface area contributed by atoms with E-state index in [0.717, 1.165) is 34.5 Å². The Labute approximate surface area is 219 Å². The van der Waals surface area contributed by atoms with Gasteiger partial charge in [-0.1, -0.05) is 0 Å². The molecule has 1 aromatic heterocycles. The number of hydrogen-bond donors (Lipinski definition) is 4. The van der Waals surface area contributed by atoms with Gasteiger partial charge in [-0.3, -0.25) is 9.59 Å². The summed E-state index contributed by atoms with van der Waals surface area (Å²) >= 11 is 0. The number of carbonyl (C=O) groups excluding carboxylic acids is 2. The van der Waals surface area contributed by atoms with E-state index < -0.39 is 11.9 Å². The molecular formula is C27H31N3O8. The average Bonchev–Trinajstić information content (AvgIpc) is 3.17. The fourth-order valence-corrected chi connectivity index (χ4v) is 3.34. The van der Waals surface area contributed by atoms with Crippen molar-refractivity contribution < 1.29 is 38.9 Å². The standard InChI is InChI=1S/C23H27N3O4.C4H4O4/c1-15-19(20-13-18(29-4)9-10-21(20)25-15)14-22(27)30-17-7-5-16(6-8-17)23(28)24-11-12-26(2)3;5-3(6)1-2-4(7)8/h5-10,13,25H,11-12,14H2,1-4H3,(H,24,28);1-2H,(H,5,6)(H,7,8). The van der Waals surface area contributed by atoms with E-state index in [1.807, 2.05) is 44.1 Å². The smallest absolute Gasteiger partial charge is 0.328 e. The van der Waals surface area contributed by atoms with Gasteiger partial charge in [-0.25, -0.2) is 9.59 Å². The molecule has 3 rings (SSSR count). The Morgan fingerprint density at radius 1 is 0.974 bits per heavy atom. The second kappa shape index (κ2) is 14.2. The number of rotatable bonds is 10. The number of nitrogens with one attached hydrogen (secondary N) is 2. The van der Waals surface area contributed by atoms with Crippen LogP contribution in [-0.4, -0.2) is 78.2 Å². The highest BCUT2D eigenvalue weighted by atomic mass is 16.5. The van der Waals surface area contributed by atoms with Crippen molar-refractivity contribution in [2.24, 2.45) is 0 Å². The maximum absolute atomic E-state index is 12.5. The summed E-state index contributed by atoms with van der Waals surface area (Å²) in [6.45, 7) is 3.26. The number of esters is 1. The molecule has 0 saturated carbocycles. The van der Waals surface area contributed by atoms with E-state index in [1.165, 1.54) is 0 Å². The number of amides is 1. The summed E-state index contributed by atoms with van der Waals surface area (Å²) in [6.07, 6.45) is 1.25. The number of H-pyrrole nitrogens is 1. The number of aryl methyl sites for hydroxylation is 1. The number of likely N-dealkylation sites (N-methyl/N-ethyl adjacent to an activating group) is 1. The van der Waals surface area contributed by atoms with Gasteiger partial charge in [0, 0.05) is 47.4 Å². The highest BCUT2D eigenvalue weighted by Crippen LogP contribution is 2.27. The number of benzene rings is 2. The lowest BCUT2D eigenvalue weighted by atomic mass is 10.1. The number of fused-ring (bicyclic) bond motifs is 1. The third-order valence-corrected chi connectivity index (χ3v) is 5.21. The lowest BCUT2D eigenvalue weighted by Gasteiger charge is -2.10. The van der Waals surface area contributed by atoms with E-state index in [4.69, 9.17) is 19.7 Å². The van der Waals surface area contributed by atoms with Crippen molar-refractivity contribution in [3.05, 3.63) is 71.4 Å². The van der Waals surface area contributed by atoms with Gasteiger partial charge in [-0.2, -0.15) is 0 Å². The van der Waals surface area contributed by atoms with Crippen LogP contribution in [0.25, 0.3) is 10.9 Å². The Hall–Kier alpha value is -4.64. The second-order valence-corrected chi connectivity index (χ2v) is 8.38. The summed E-state index contributed by atoms with van der Waals surface area (Å²) in [5.41, 5.74) is 3.26. The number of carboxylic acid groups (broad SMARTS) is 2. The maximum Gasteiger partial charge on any atom is 0.328 e. The van der Waals surface area contributed by atoms with Crippen LogP contribution >= 0.6 is 0 Å². The Balaban J connectivity index is 0.000000550. The topological polar surface area (TPSA) is 158 Å². The molecule has 0 fully saturated rings. The molecule has 0 aliphatic rings. The van der Waals surface area contributed by atoms with Crippen LogP contribution in [0.15, 0.2) is 54.6 Å². The van der Waals surface area contributed by atoms with E-state index in [-0.39, 0.29) is 18.3 Å².